The van der Waals surface area contributed by atoms with Crippen molar-refractivity contribution in [2.45, 2.75) is 0 Å². The van der Waals surface area contributed by atoms with E-state index in [0.29, 0.717) is 0 Å². The lowest BCUT2D eigenvalue weighted by Gasteiger charge is -2.26. The normalized spacial score (nSPS) is 11.7. The van der Waals surface area contributed by atoms with Gasteiger partial charge in [-0.15, -0.1) is 11.3 Å². The molecule has 8 aromatic carbocycles. The summed E-state index contributed by atoms with van der Waals surface area (Å²) in [6.45, 7) is 0. The van der Waals surface area contributed by atoms with Crippen molar-refractivity contribution in [2.75, 3.05) is 4.90 Å². The highest BCUT2D eigenvalue weighted by Crippen LogP contribution is 2.42. The largest absolute Gasteiger partial charge is 0.310 e. The van der Waals surface area contributed by atoms with Gasteiger partial charge in [0, 0.05) is 53.7 Å². The van der Waals surface area contributed by atoms with E-state index < -0.39 is 0 Å². The van der Waals surface area contributed by atoms with E-state index >= 15 is 0 Å². The number of rotatable bonds is 5. The Bertz CT molecular complexity index is 2830. The molecule has 2 nitrogen and oxygen atoms in total. The van der Waals surface area contributed by atoms with Crippen LogP contribution in [-0.4, -0.2) is 4.57 Å². The Morgan fingerprint density at radius 2 is 1.06 bits per heavy atom. The zero-order chi connectivity index (χ0) is 32.3. The van der Waals surface area contributed by atoms with Crippen LogP contribution in [0.5, 0.6) is 0 Å². The van der Waals surface area contributed by atoms with Gasteiger partial charge >= 0.3 is 0 Å². The summed E-state index contributed by atoms with van der Waals surface area (Å²) in [6.07, 6.45) is 0. The maximum absolute atomic E-state index is 2.38. The topological polar surface area (TPSA) is 8.17 Å². The molecule has 3 heteroatoms. The number of anilines is 3. The molecule has 0 fully saturated rings. The van der Waals surface area contributed by atoms with Gasteiger partial charge in [-0.25, -0.2) is 0 Å². The van der Waals surface area contributed by atoms with Crippen molar-refractivity contribution in [1.82, 2.24) is 4.57 Å². The van der Waals surface area contributed by atoms with Crippen molar-refractivity contribution in [1.29, 1.82) is 0 Å². The van der Waals surface area contributed by atoms with Crippen molar-refractivity contribution in [2.24, 2.45) is 0 Å². The molecular formula is C46H30N2S. The fourth-order valence-electron chi connectivity index (χ4n) is 7.53. The zero-order valence-electron chi connectivity index (χ0n) is 26.6. The molecular weight excluding hydrogens is 613 g/mol. The minimum atomic E-state index is 1.12. The van der Waals surface area contributed by atoms with Crippen LogP contribution < -0.4 is 4.90 Å². The Kier molecular flexibility index (Phi) is 6.39. The number of hydrogen-bond acceptors (Lipinski definition) is 2. The summed E-state index contributed by atoms with van der Waals surface area (Å²) in [4.78, 5) is 2.38. The van der Waals surface area contributed by atoms with E-state index in [4.69, 9.17) is 0 Å². The average molecular weight is 643 g/mol. The first kappa shape index (κ1) is 27.9. The van der Waals surface area contributed by atoms with Gasteiger partial charge in [0.25, 0.3) is 0 Å². The molecule has 0 aliphatic carbocycles. The van der Waals surface area contributed by atoms with E-state index in [0.717, 1.165) is 22.7 Å². The van der Waals surface area contributed by atoms with Crippen LogP contribution in [0, 0.1) is 0 Å². The Morgan fingerprint density at radius 1 is 0.388 bits per heavy atom. The van der Waals surface area contributed by atoms with Crippen LogP contribution in [0.15, 0.2) is 182 Å². The lowest BCUT2D eigenvalue weighted by molar-refractivity contribution is 1.18. The molecule has 0 amide bonds. The summed E-state index contributed by atoms with van der Waals surface area (Å²) >= 11 is 1.87. The number of nitrogens with zero attached hydrogens (tertiary/aromatic N) is 2. The second-order valence-corrected chi connectivity index (χ2v) is 13.7. The predicted molar refractivity (Wildman–Crippen MR) is 211 cm³/mol. The number of para-hydroxylation sites is 3. The molecule has 0 saturated heterocycles. The maximum atomic E-state index is 2.38. The lowest BCUT2D eigenvalue weighted by atomic mass is 9.97. The molecule has 0 unspecified atom stereocenters. The summed E-state index contributed by atoms with van der Waals surface area (Å²) < 4.78 is 5.04. The summed E-state index contributed by atoms with van der Waals surface area (Å²) in [5.74, 6) is 0. The van der Waals surface area contributed by atoms with Crippen LogP contribution >= 0.6 is 11.3 Å². The first-order chi connectivity index (χ1) is 24.3. The number of fused-ring (bicyclic) bond motifs is 8. The van der Waals surface area contributed by atoms with Gasteiger partial charge in [0.15, 0.2) is 0 Å². The molecule has 0 aliphatic heterocycles. The zero-order valence-corrected chi connectivity index (χ0v) is 27.4. The molecule has 0 aliphatic rings. The fourth-order valence-corrected chi connectivity index (χ4v) is 8.65. The molecule has 0 spiro atoms. The van der Waals surface area contributed by atoms with Gasteiger partial charge in [-0.1, -0.05) is 103 Å². The van der Waals surface area contributed by atoms with E-state index in [-0.39, 0.29) is 0 Å². The van der Waals surface area contributed by atoms with Gasteiger partial charge in [0.05, 0.1) is 11.0 Å². The van der Waals surface area contributed by atoms with Crippen molar-refractivity contribution >= 4 is 81.1 Å². The molecule has 2 heterocycles. The summed E-state index contributed by atoms with van der Waals surface area (Å²) in [5, 5.41) is 7.73. The van der Waals surface area contributed by atoms with Crippen LogP contribution in [0.3, 0.4) is 0 Å². The van der Waals surface area contributed by atoms with Gasteiger partial charge in [-0.3, -0.25) is 0 Å². The minimum absolute atomic E-state index is 1.12. The third kappa shape index (κ3) is 4.55. The molecule has 230 valence electrons. The van der Waals surface area contributed by atoms with Gasteiger partial charge in [-0.2, -0.15) is 0 Å². The quantitative estimate of drug-likeness (QED) is 0.181. The first-order valence-corrected chi connectivity index (χ1v) is 17.5. The van der Waals surface area contributed by atoms with Crippen molar-refractivity contribution in [3.8, 4) is 16.8 Å². The second kappa shape index (κ2) is 11.2. The van der Waals surface area contributed by atoms with Crippen LogP contribution in [0.25, 0.3) is 69.6 Å². The number of aromatic nitrogens is 1. The standard InChI is InChI=1S/C46H30N2S/c1-3-13-34(14-4-1)47(37-25-26-43-41(30-37)38-18-7-9-20-42(38)48(43)35-15-5-2-6-16-35)36-17-11-12-32(28-36)33-23-22-31-24-27-45-46(40(31)29-33)39-19-8-10-21-44(39)49-45/h1-30H. The lowest BCUT2D eigenvalue weighted by Crippen LogP contribution is -2.09. The molecule has 10 rings (SSSR count). The minimum Gasteiger partial charge on any atom is -0.310 e. The molecule has 2 aromatic heterocycles. The van der Waals surface area contributed by atoms with Crippen LogP contribution in [0.4, 0.5) is 17.1 Å². The van der Waals surface area contributed by atoms with E-state index in [9.17, 15) is 0 Å². The first-order valence-electron chi connectivity index (χ1n) is 16.7. The maximum Gasteiger partial charge on any atom is 0.0542 e. The van der Waals surface area contributed by atoms with Gasteiger partial charge in [0.1, 0.15) is 0 Å². The summed E-state index contributed by atoms with van der Waals surface area (Å²) in [7, 11) is 0. The van der Waals surface area contributed by atoms with Gasteiger partial charge in [0.2, 0.25) is 0 Å². The highest BCUT2D eigenvalue weighted by Gasteiger charge is 2.18. The third-order valence-electron chi connectivity index (χ3n) is 9.74. The fraction of sp³-hybridized carbons (Fsp3) is 0. The SMILES string of the molecule is c1ccc(N(c2cccc(-c3ccc4ccc5sc6ccccc6c5c4c3)c2)c2ccc3c(c2)c2ccccc2n3-c2ccccc2)cc1. The number of thiophene rings is 1. The van der Waals surface area contributed by atoms with E-state index in [2.05, 4.69) is 191 Å². The molecule has 0 atom stereocenters. The number of benzene rings is 8. The van der Waals surface area contributed by atoms with E-state index in [1.807, 2.05) is 11.3 Å². The molecule has 0 saturated carbocycles. The summed E-state index contributed by atoms with van der Waals surface area (Å²) in [5.41, 5.74) is 9.34. The Balaban J connectivity index is 1.15. The van der Waals surface area contributed by atoms with Crippen LogP contribution in [-0.2, 0) is 0 Å². The van der Waals surface area contributed by atoms with Gasteiger partial charge in [-0.05, 0) is 101 Å². The van der Waals surface area contributed by atoms with Gasteiger partial charge < -0.3 is 9.47 Å². The van der Waals surface area contributed by atoms with Crippen molar-refractivity contribution in [3.05, 3.63) is 182 Å². The van der Waals surface area contributed by atoms with Crippen molar-refractivity contribution < 1.29 is 0 Å². The van der Waals surface area contributed by atoms with Crippen LogP contribution in [0.1, 0.15) is 0 Å². The van der Waals surface area contributed by atoms with Crippen molar-refractivity contribution in [3.63, 3.8) is 0 Å². The highest BCUT2D eigenvalue weighted by molar-refractivity contribution is 7.26. The Hall–Kier alpha value is -6.16. The molecule has 0 radical (unpaired) electrons. The second-order valence-electron chi connectivity index (χ2n) is 12.6. The van der Waals surface area contributed by atoms with Crippen LogP contribution in [0.2, 0.25) is 0 Å². The smallest absolute Gasteiger partial charge is 0.0542 e. The van der Waals surface area contributed by atoms with E-state index in [1.165, 1.54) is 63.9 Å². The Morgan fingerprint density at radius 3 is 1.94 bits per heavy atom. The summed E-state index contributed by atoms with van der Waals surface area (Å²) in [6, 6.07) is 66.1. The molecule has 10 aromatic rings. The molecule has 0 N–H and O–H groups in total. The highest BCUT2D eigenvalue weighted by atomic mass is 32.1. The average Bonchev–Trinajstić information content (AvgIpc) is 3.72. The Labute approximate surface area is 288 Å². The molecule has 0 bridgehead atoms. The predicted octanol–water partition coefficient (Wildman–Crippen LogP) is 13.4. The molecule has 49 heavy (non-hydrogen) atoms. The van der Waals surface area contributed by atoms with E-state index in [1.54, 1.807) is 0 Å². The monoisotopic (exact) mass is 642 g/mol. The third-order valence-corrected chi connectivity index (χ3v) is 10.9. The number of hydrogen-bond donors (Lipinski definition) is 0.